The molecule has 1 N–H and O–H groups in total. The van der Waals surface area contributed by atoms with Gasteiger partial charge in [0, 0.05) is 11.6 Å². The molecular weight excluding hydrogens is 231 g/mol. The van der Waals surface area contributed by atoms with Crippen LogP contribution in [-0.4, -0.2) is 9.97 Å². The Labute approximate surface area is 104 Å². The van der Waals surface area contributed by atoms with E-state index in [1.807, 2.05) is 38.1 Å². The third kappa shape index (κ3) is 2.22. The molecule has 2 aromatic heterocycles. The van der Waals surface area contributed by atoms with Gasteiger partial charge < -0.3 is 4.98 Å². The molecule has 3 nitrogen and oxygen atoms in total. The Kier molecular flexibility index (Phi) is 4.54. The minimum atomic E-state index is -0.0863. The molecule has 94 valence electrons. The van der Waals surface area contributed by atoms with E-state index in [0.717, 1.165) is 16.4 Å². The molecule has 0 unspecified atom stereocenters. The van der Waals surface area contributed by atoms with E-state index in [1.54, 1.807) is 18.3 Å². The first-order valence-electron chi connectivity index (χ1n) is 5.72. The highest BCUT2D eigenvalue weighted by Crippen LogP contribution is 2.17. The number of aromatic amines is 1. The lowest BCUT2D eigenvalue weighted by atomic mass is 10.1. The fourth-order valence-corrected chi connectivity index (χ4v) is 1.79. The van der Waals surface area contributed by atoms with Crippen LogP contribution in [0.2, 0.25) is 0 Å². The lowest BCUT2D eigenvalue weighted by Crippen LogP contribution is -2.06. The normalized spacial score (nSPS) is 9.44. The van der Waals surface area contributed by atoms with Crippen molar-refractivity contribution in [2.75, 3.05) is 0 Å². The summed E-state index contributed by atoms with van der Waals surface area (Å²) in [5.41, 5.74) is 1.50. The highest BCUT2D eigenvalue weighted by Gasteiger charge is 2.03. The number of aromatic nitrogens is 2. The molecule has 0 bridgehead atoms. The largest absolute Gasteiger partial charge is 0.321 e. The van der Waals surface area contributed by atoms with Crippen molar-refractivity contribution in [3.05, 3.63) is 52.9 Å². The topological polar surface area (TPSA) is 45.8 Å². The van der Waals surface area contributed by atoms with Crippen molar-refractivity contribution < 1.29 is 4.70 Å². The summed E-state index contributed by atoms with van der Waals surface area (Å²) in [6, 6.07) is 11.2. The van der Waals surface area contributed by atoms with Gasteiger partial charge >= 0.3 is 0 Å². The summed E-state index contributed by atoms with van der Waals surface area (Å²) in [7, 11) is 0. The molecule has 1 aromatic carbocycles. The number of para-hydroxylation sites is 1. The van der Waals surface area contributed by atoms with Gasteiger partial charge in [0.15, 0.2) is 0 Å². The summed E-state index contributed by atoms with van der Waals surface area (Å²) in [6.07, 6.45) is 1.70. The Morgan fingerprint density at radius 2 is 1.67 bits per heavy atom. The molecule has 0 radical (unpaired) electrons. The number of pyridine rings is 2. The molecule has 18 heavy (non-hydrogen) atoms. The monoisotopic (exact) mass is 246 g/mol. The SMILES string of the molecule is CC.F.O=c1[nH]c2ccccc2c2ncccc12. The Hall–Kier alpha value is -2.23. The lowest BCUT2D eigenvalue weighted by Gasteiger charge is -2.01. The molecule has 0 aliphatic heterocycles. The molecule has 0 amide bonds. The number of benzene rings is 1. The van der Waals surface area contributed by atoms with Crippen molar-refractivity contribution >= 4 is 21.8 Å². The zero-order valence-electron chi connectivity index (χ0n) is 10.3. The van der Waals surface area contributed by atoms with Gasteiger partial charge in [0.1, 0.15) is 0 Å². The number of halogens is 1. The number of fused-ring (bicyclic) bond motifs is 3. The van der Waals surface area contributed by atoms with E-state index in [1.165, 1.54) is 0 Å². The van der Waals surface area contributed by atoms with Gasteiger partial charge in [-0.2, -0.15) is 0 Å². The van der Waals surface area contributed by atoms with E-state index in [2.05, 4.69) is 9.97 Å². The minimum Gasteiger partial charge on any atom is -0.321 e. The second-order valence-corrected chi connectivity index (χ2v) is 3.40. The Morgan fingerprint density at radius 3 is 2.44 bits per heavy atom. The summed E-state index contributed by atoms with van der Waals surface area (Å²) < 4.78 is 0. The van der Waals surface area contributed by atoms with Gasteiger partial charge in [-0.05, 0) is 18.2 Å². The molecule has 0 fully saturated rings. The first-order chi connectivity index (χ1) is 8.36. The maximum atomic E-state index is 11.7. The second kappa shape index (κ2) is 5.91. The molecule has 3 aromatic rings. The highest BCUT2D eigenvalue weighted by atomic mass is 19.0. The van der Waals surface area contributed by atoms with Gasteiger partial charge in [-0.15, -0.1) is 0 Å². The summed E-state index contributed by atoms with van der Waals surface area (Å²) in [5, 5.41) is 1.61. The van der Waals surface area contributed by atoms with E-state index < -0.39 is 0 Å². The molecular formula is C14H15FN2O. The second-order valence-electron chi connectivity index (χ2n) is 3.40. The fraction of sp³-hybridized carbons (Fsp3) is 0.143. The first-order valence-corrected chi connectivity index (χ1v) is 5.72. The first kappa shape index (κ1) is 13.8. The van der Waals surface area contributed by atoms with E-state index >= 15 is 0 Å². The third-order valence-electron chi connectivity index (χ3n) is 2.48. The van der Waals surface area contributed by atoms with Crippen LogP contribution in [-0.2, 0) is 0 Å². The van der Waals surface area contributed by atoms with Gasteiger partial charge in [0.05, 0.1) is 16.4 Å². The maximum Gasteiger partial charge on any atom is 0.257 e. The minimum absolute atomic E-state index is 0. The zero-order valence-corrected chi connectivity index (χ0v) is 10.3. The number of rotatable bonds is 0. The van der Waals surface area contributed by atoms with Gasteiger partial charge in [-0.1, -0.05) is 32.0 Å². The third-order valence-corrected chi connectivity index (χ3v) is 2.48. The van der Waals surface area contributed by atoms with Gasteiger partial charge in [-0.25, -0.2) is 0 Å². The Balaban J connectivity index is 0.000000516. The van der Waals surface area contributed by atoms with Crippen molar-refractivity contribution in [1.82, 2.24) is 9.97 Å². The summed E-state index contributed by atoms with van der Waals surface area (Å²) >= 11 is 0. The zero-order chi connectivity index (χ0) is 12.3. The molecule has 2 heterocycles. The summed E-state index contributed by atoms with van der Waals surface area (Å²) in [6.45, 7) is 4.00. The lowest BCUT2D eigenvalue weighted by molar-refractivity contribution is 1.11. The van der Waals surface area contributed by atoms with Crippen LogP contribution in [0, 0.1) is 0 Å². The van der Waals surface area contributed by atoms with Gasteiger partial charge in [0.25, 0.3) is 5.56 Å². The van der Waals surface area contributed by atoms with Crippen LogP contribution in [0.3, 0.4) is 0 Å². The molecule has 0 saturated heterocycles. The van der Waals surface area contributed by atoms with Crippen LogP contribution in [0.4, 0.5) is 4.70 Å². The van der Waals surface area contributed by atoms with Crippen molar-refractivity contribution in [3.63, 3.8) is 0 Å². The summed E-state index contributed by atoms with van der Waals surface area (Å²) in [4.78, 5) is 18.8. The number of nitrogens with zero attached hydrogens (tertiary/aromatic N) is 1. The number of hydrogen-bond donors (Lipinski definition) is 1. The Bertz CT molecular complexity index is 707. The molecule has 0 aliphatic rings. The molecule has 0 spiro atoms. The van der Waals surface area contributed by atoms with Crippen LogP contribution >= 0.6 is 0 Å². The quantitative estimate of drug-likeness (QED) is 0.619. The molecule has 4 heteroatoms. The van der Waals surface area contributed by atoms with Gasteiger partial charge in [0.2, 0.25) is 0 Å². The predicted molar refractivity (Wildman–Crippen MR) is 73.7 cm³/mol. The van der Waals surface area contributed by atoms with Crippen LogP contribution in [0.15, 0.2) is 47.4 Å². The van der Waals surface area contributed by atoms with Gasteiger partial charge in [-0.3, -0.25) is 14.5 Å². The van der Waals surface area contributed by atoms with Crippen LogP contribution in [0.5, 0.6) is 0 Å². The van der Waals surface area contributed by atoms with E-state index in [0.29, 0.717) is 5.39 Å². The van der Waals surface area contributed by atoms with Crippen molar-refractivity contribution in [3.8, 4) is 0 Å². The molecule has 3 rings (SSSR count). The van der Waals surface area contributed by atoms with Crippen LogP contribution < -0.4 is 5.56 Å². The maximum absolute atomic E-state index is 11.7. The number of H-pyrrole nitrogens is 1. The molecule has 0 aliphatic carbocycles. The van der Waals surface area contributed by atoms with E-state index in [9.17, 15) is 4.79 Å². The average molecular weight is 246 g/mol. The molecule has 0 saturated carbocycles. The average Bonchev–Trinajstić information content (AvgIpc) is 2.42. The smallest absolute Gasteiger partial charge is 0.257 e. The van der Waals surface area contributed by atoms with E-state index in [4.69, 9.17) is 0 Å². The summed E-state index contributed by atoms with van der Waals surface area (Å²) in [5.74, 6) is 0. The van der Waals surface area contributed by atoms with E-state index in [-0.39, 0.29) is 10.3 Å². The number of hydrogen-bond acceptors (Lipinski definition) is 2. The van der Waals surface area contributed by atoms with Crippen molar-refractivity contribution in [2.45, 2.75) is 13.8 Å². The van der Waals surface area contributed by atoms with Crippen LogP contribution in [0.25, 0.3) is 21.8 Å². The fourth-order valence-electron chi connectivity index (χ4n) is 1.79. The molecule has 0 atom stereocenters. The predicted octanol–water partition coefficient (Wildman–Crippen LogP) is 3.26. The highest BCUT2D eigenvalue weighted by molar-refractivity contribution is 6.02. The van der Waals surface area contributed by atoms with Crippen LogP contribution in [0.1, 0.15) is 13.8 Å². The standard InChI is InChI=1S/C12H8N2O.C2H6.FH/c15-12-9-5-3-7-13-11(9)8-4-1-2-6-10(8)14-12;1-2;/h1-7H,(H,14,15);1-2H3;1H. The van der Waals surface area contributed by atoms with Crippen molar-refractivity contribution in [1.29, 1.82) is 0 Å². The number of nitrogens with one attached hydrogen (secondary N) is 1. The van der Waals surface area contributed by atoms with Crippen molar-refractivity contribution in [2.24, 2.45) is 0 Å². The Morgan fingerprint density at radius 1 is 1.00 bits per heavy atom.